The van der Waals surface area contributed by atoms with Crippen molar-refractivity contribution in [2.75, 3.05) is 25.6 Å². The molecule has 8 aliphatic heterocycles. The molecule has 0 spiro atoms. The number of hydrogen-bond donors (Lipinski definition) is 7. The SMILES string of the molecule is C#C[C@]1(CC)OC(=O)C[C@@H]1C.C#C[C@]1(CC)OC(Cl)C[C@@H]1C.C#C[C@]1(CC)OC(O)C[C@@H]1C.C#C[C@]1(CC)OC(OC(C)=O)C[C@@H]1C.C#C[C@]1(CC)O[C@@H](n2cc(F)c3c(Cl)nc(Cl)nc32)C[C@@H]1C.C#C[C@]1(CO)OC(=O)C[C@@H]1O.C#C[C@]1(CO)O[C@@H](n2cc(F)c3c(N)nc(Cl)nc32)C[C@@H]1O.C#C[C@]1([C@@H](O)CC(=O)OC(C)(C)C)COC(C)(C)O1. The van der Waals surface area contributed by atoms with E-state index >= 15 is 0 Å². The minimum Gasteiger partial charge on any atom is -0.460 e. The summed E-state index contributed by atoms with van der Waals surface area (Å²) in [5.41, 5.74) is -1.80. The summed E-state index contributed by atoms with van der Waals surface area (Å²) >= 11 is 23.4. The number of alkyl halides is 1. The molecule has 8 N–H and O–H groups in total. The average molecular weight is 1770 g/mol. The molecule has 28 nitrogen and oxygen atoms in total. The highest BCUT2D eigenvalue weighted by Crippen LogP contribution is 2.47. The van der Waals surface area contributed by atoms with Gasteiger partial charge in [-0.1, -0.05) is 140 Å². The van der Waals surface area contributed by atoms with E-state index in [2.05, 4.69) is 79.0 Å². The van der Waals surface area contributed by atoms with Crippen molar-refractivity contribution < 1.29 is 111 Å². The smallest absolute Gasteiger partial charge is 0.310 e. The molecule has 662 valence electrons. The van der Waals surface area contributed by atoms with E-state index in [1.165, 1.54) is 17.7 Å². The Bertz CT molecular complexity index is 4460. The number of esters is 4. The van der Waals surface area contributed by atoms with Crippen LogP contribution in [0.15, 0.2) is 12.4 Å². The molecule has 0 radical (unpaired) electrons. The van der Waals surface area contributed by atoms with Gasteiger partial charge in [0.25, 0.3) is 0 Å². The number of hydrogen-bond acceptors (Lipinski definition) is 26. The van der Waals surface area contributed by atoms with E-state index in [1.54, 1.807) is 39.2 Å². The lowest BCUT2D eigenvalue weighted by atomic mass is 9.87. The molecule has 21 atom stereocenters. The van der Waals surface area contributed by atoms with E-state index in [1.807, 2.05) is 62.3 Å². The second-order valence-electron chi connectivity index (χ2n) is 31.8. The van der Waals surface area contributed by atoms with E-state index in [4.69, 9.17) is 161 Å². The van der Waals surface area contributed by atoms with E-state index in [0.717, 1.165) is 31.9 Å². The molecule has 0 bridgehead atoms. The van der Waals surface area contributed by atoms with Crippen LogP contribution < -0.4 is 5.73 Å². The highest BCUT2D eigenvalue weighted by Gasteiger charge is 2.53. The van der Waals surface area contributed by atoms with Crippen molar-refractivity contribution in [3.05, 3.63) is 39.7 Å². The number of fused-ring (bicyclic) bond motifs is 2. The van der Waals surface area contributed by atoms with Crippen LogP contribution >= 0.6 is 46.4 Å². The second-order valence-corrected chi connectivity index (χ2v) is 33.3. The van der Waals surface area contributed by atoms with Gasteiger partial charge < -0.3 is 97.6 Å². The van der Waals surface area contributed by atoms with Gasteiger partial charge >= 0.3 is 23.9 Å². The third-order valence-electron chi connectivity index (χ3n) is 22.4. The maximum atomic E-state index is 14.2. The monoisotopic (exact) mass is 1770 g/mol. The minimum absolute atomic E-state index is 0.00435. The van der Waals surface area contributed by atoms with Crippen molar-refractivity contribution in [2.45, 2.75) is 299 Å². The molecule has 121 heavy (non-hydrogen) atoms. The molecule has 4 aromatic heterocycles. The second kappa shape index (κ2) is 42.5. The highest BCUT2D eigenvalue weighted by atomic mass is 35.5. The van der Waals surface area contributed by atoms with Gasteiger partial charge in [0.1, 0.15) is 75.3 Å². The molecular weight excluding hydrogens is 1660 g/mol. The molecule has 0 aliphatic carbocycles. The van der Waals surface area contributed by atoms with Gasteiger partial charge in [0.05, 0.1) is 49.9 Å². The van der Waals surface area contributed by atoms with Gasteiger partial charge in [-0.25, -0.2) is 18.7 Å². The molecule has 0 amide bonds. The Kier molecular flexibility index (Phi) is 36.4. The number of rotatable bonds is 13. The number of anilines is 1. The molecule has 8 saturated heterocycles. The van der Waals surface area contributed by atoms with Crippen molar-refractivity contribution in [1.29, 1.82) is 0 Å². The van der Waals surface area contributed by atoms with Crippen molar-refractivity contribution in [2.24, 2.45) is 29.6 Å². The van der Waals surface area contributed by atoms with Gasteiger partial charge in [-0.2, -0.15) is 9.97 Å². The van der Waals surface area contributed by atoms with Crippen LogP contribution in [-0.4, -0.2) is 196 Å². The first kappa shape index (κ1) is 103. The third-order valence-corrected chi connectivity index (χ3v) is 23.2. The molecule has 8 fully saturated rings. The quantitative estimate of drug-likeness (QED) is 0.0163. The molecule has 0 aromatic carbocycles. The summed E-state index contributed by atoms with van der Waals surface area (Å²) in [5, 5.41) is 56.6. The van der Waals surface area contributed by atoms with Crippen molar-refractivity contribution >= 4 is 98.2 Å². The largest absolute Gasteiger partial charge is 0.460 e. The summed E-state index contributed by atoms with van der Waals surface area (Å²) in [5.74, 6) is 17.4. The molecule has 8 aliphatic rings. The van der Waals surface area contributed by atoms with Crippen LogP contribution in [0.3, 0.4) is 0 Å². The fourth-order valence-electron chi connectivity index (χ4n) is 14.8. The van der Waals surface area contributed by atoms with E-state index in [0.29, 0.717) is 50.1 Å². The summed E-state index contributed by atoms with van der Waals surface area (Å²) in [6.45, 7) is 29.0. The number of aliphatic hydroxyl groups excluding tert-OH is 6. The number of carbonyl (C=O) groups excluding carboxylic acids is 4. The number of aliphatic hydroxyl groups is 6. The van der Waals surface area contributed by atoms with Gasteiger partial charge in [-0.3, -0.25) is 19.2 Å². The van der Waals surface area contributed by atoms with Gasteiger partial charge in [0.15, 0.2) is 51.8 Å². The molecule has 12 rings (SSSR count). The van der Waals surface area contributed by atoms with E-state index < -0.39 is 136 Å². The van der Waals surface area contributed by atoms with Gasteiger partial charge in [0, 0.05) is 68.2 Å². The summed E-state index contributed by atoms with van der Waals surface area (Å²) in [6, 6.07) is 0. The van der Waals surface area contributed by atoms with Crippen LogP contribution in [0.5, 0.6) is 0 Å². The zero-order valence-corrected chi connectivity index (χ0v) is 74.0. The molecule has 12 heterocycles. The Morgan fingerprint density at radius 2 is 1.03 bits per heavy atom. The number of halogens is 6. The fraction of sp³-hybridized carbons (Fsp3) is 0.632. The van der Waals surface area contributed by atoms with E-state index in [-0.39, 0.29) is 105 Å². The van der Waals surface area contributed by atoms with Crippen molar-refractivity contribution in [3.8, 4) is 98.8 Å². The number of nitrogens with two attached hydrogens (primary N) is 1. The van der Waals surface area contributed by atoms with Crippen LogP contribution in [0.25, 0.3) is 22.1 Å². The minimum atomic E-state index is -1.54. The fourth-order valence-corrected chi connectivity index (χ4v) is 15.9. The number of terminal acetylenes is 8. The van der Waals surface area contributed by atoms with E-state index in [9.17, 15) is 48.4 Å². The zero-order valence-electron chi connectivity index (χ0n) is 70.9. The first-order valence-electron chi connectivity index (χ1n) is 39.3. The first-order valence-corrected chi connectivity index (χ1v) is 40.9. The Morgan fingerprint density at radius 1 is 0.595 bits per heavy atom. The highest BCUT2D eigenvalue weighted by molar-refractivity contribution is 6.35. The normalized spacial score (nSPS) is 33.4. The molecule has 4 aromatic rings. The van der Waals surface area contributed by atoms with Crippen LogP contribution in [0.2, 0.25) is 15.7 Å². The Labute approximate surface area is 726 Å². The lowest BCUT2D eigenvalue weighted by molar-refractivity contribution is -0.179. The number of nitrogens with zero attached hydrogens (tertiary/aromatic N) is 6. The van der Waals surface area contributed by atoms with Gasteiger partial charge in [-0.05, 0) is 103 Å². The molecule has 0 saturated carbocycles. The summed E-state index contributed by atoms with van der Waals surface area (Å²) in [6.07, 6.45) is 46.3. The molecule has 3 unspecified atom stereocenters. The van der Waals surface area contributed by atoms with Crippen molar-refractivity contribution in [1.82, 2.24) is 29.1 Å². The number of aromatic nitrogens is 6. The average Bonchev–Trinajstić information content (AvgIpc) is 1.60. The van der Waals surface area contributed by atoms with Crippen LogP contribution in [0.1, 0.15) is 207 Å². The van der Waals surface area contributed by atoms with Crippen LogP contribution in [0.4, 0.5) is 14.6 Å². The summed E-state index contributed by atoms with van der Waals surface area (Å²) in [4.78, 5) is 59.4. The Hall–Kier alpha value is -8.10. The predicted molar refractivity (Wildman–Crippen MR) is 447 cm³/mol. The van der Waals surface area contributed by atoms with Gasteiger partial charge in [0.2, 0.25) is 22.5 Å². The topological polar surface area (TPSA) is 379 Å². The van der Waals surface area contributed by atoms with Gasteiger partial charge in [-0.15, -0.1) is 51.4 Å². The lowest BCUT2D eigenvalue weighted by Crippen LogP contribution is -2.46. The van der Waals surface area contributed by atoms with Crippen molar-refractivity contribution in [3.63, 3.8) is 0 Å². The lowest BCUT2D eigenvalue weighted by Gasteiger charge is -2.29. The maximum absolute atomic E-state index is 14.2. The standard InChI is InChI=1S/C15H14Cl2FN3O.C14H22O5.C13H12ClFN4O3.C11H16O3.C9H13ClO.C9H14O2.C9H12O2.C7H8O4/c1-4-15(5-2)8(3)6-10(22-15)21-7-9(18)11-12(16)19-14(17)20-13(11)21;1-7-14(9-17-13(5,6)19-14)10(15)8-11(16)18-12(2,3)4;1-2-13(5-20)7(21)3-8(22-13)19-4-6(15)9-10(16)17-12(14)18-11(9)19;1-5-11(6-2)8(3)7-10(14-11)13-9(4)12;3*1-4-9(5-2)7(3)6-8(10)11-9;1-2-7(4-8)5(9)3-6(10)11-7/h1,7-8,10H,5-6H2,2-3H3;1,10,15H,8-9H2,2-6H3;1,4,7-8,20-21H,3,5H2,(H2,16,17,18);1,8,10H,6-7H2,2-4H3;1,7-8H,5-6H2,2-3H3;1,7-8,10H,5-6H2,2-3H3;1,7H,5-6H2,2-3H3;1,5,8-9H,3-4H2/t8-,10+,15+;10-,14+;7-,8+,13+;8-,10?,11+;2*7-,8?,9+;7-,9+;5-,7+/m00000000/s1. The maximum Gasteiger partial charge on any atom is 0.310 e. The number of cyclic esters (lactones) is 2. The Morgan fingerprint density at radius 3 is 1.39 bits per heavy atom. The van der Waals surface area contributed by atoms with Crippen LogP contribution in [-0.2, 0) is 71.3 Å². The molecule has 34 heteroatoms. The first-order chi connectivity index (χ1) is 56.4. The molecular formula is C87H111Cl4F2N7O21. The van der Waals surface area contributed by atoms with Crippen LogP contribution in [0, 0.1) is 140 Å². The Balaban J connectivity index is 0.000000250. The number of ether oxygens (including phenoxy) is 11. The summed E-state index contributed by atoms with van der Waals surface area (Å²) in [7, 11) is 0. The summed E-state index contributed by atoms with van der Waals surface area (Å²) < 4.78 is 89.9. The zero-order chi connectivity index (χ0) is 91.7. The third kappa shape index (κ3) is 23.9. The number of nitrogen functional groups attached to an aromatic ring is 1. The number of carbonyl (C=O) groups is 4. The predicted octanol–water partition coefficient (Wildman–Crippen LogP) is 11.2.